The highest BCUT2D eigenvalue weighted by molar-refractivity contribution is 8.26. The van der Waals surface area contributed by atoms with Crippen LogP contribution in [0.1, 0.15) is 22.8 Å². The lowest BCUT2D eigenvalue weighted by atomic mass is 10.2. The number of phenols is 1. The van der Waals surface area contributed by atoms with Crippen molar-refractivity contribution in [2.45, 2.75) is 6.92 Å². The molecule has 3 rings (SSSR count). The second-order valence-corrected chi connectivity index (χ2v) is 7.52. The van der Waals surface area contributed by atoms with Gasteiger partial charge in [0.05, 0.1) is 18.6 Å². The fraction of sp³-hybridized carbons (Fsp3) is 0.150. The van der Waals surface area contributed by atoms with Gasteiger partial charge in [0, 0.05) is 5.56 Å². The first-order valence-corrected chi connectivity index (χ1v) is 9.84. The average molecular weight is 431 g/mol. The summed E-state index contributed by atoms with van der Waals surface area (Å²) < 4.78 is 11.0. The van der Waals surface area contributed by atoms with Crippen molar-refractivity contribution in [3.63, 3.8) is 0 Å². The van der Waals surface area contributed by atoms with Crippen LogP contribution in [0.3, 0.4) is 0 Å². The number of rotatable bonds is 6. The summed E-state index contributed by atoms with van der Waals surface area (Å²) >= 11 is 6.32. The van der Waals surface area contributed by atoms with Gasteiger partial charge in [-0.15, -0.1) is 0 Å². The number of nitrogens with one attached hydrogen (secondary N) is 1. The minimum absolute atomic E-state index is 0.0425. The smallest absolute Gasteiger partial charge is 0.285 e. The summed E-state index contributed by atoms with van der Waals surface area (Å²) in [4.78, 5) is 25.4. The first kappa shape index (κ1) is 20.7. The lowest BCUT2D eigenvalue weighted by Gasteiger charge is -2.15. The van der Waals surface area contributed by atoms with Crippen molar-refractivity contribution in [1.82, 2.24) is 10.4 Å². The van der Waals surface area contributed by atoms with Crippen LogP contribution in [0.5, 0.6) is 17.2 Å². The highest BCUT2D eigenvalue weighted by atomic mass is 32.2. The van der Waals surface area contributed by atoms with E-state index < -0.39 is 11.8 Å². The maximum atomic E-state index is 12.7. The van der Waals surface area contributed by atoms with Gasteiger partial charge in [0.1, 0.15) is 5.75 Å². The molecule has 0 aliphatic carbocycles. The number of aromatic hydroxyl groups is 1. The fourth-order valence-electron chi connectivity index (χ4n) is 2.54. The van der Waals surface area contributed by atoms with Crippen molar-refractivity contribution >= 4 is 46.2 Å². The van der Waals surface area contributed by atoms with Crippen molar-refractivity contribution in [3.8, 4) is 17.2 Å². The first-order chi connectivity index (χ1) is 13.9. The van der Waals surface area contributed by atoms with Crippen LogP contribution in [-0.4, -0.2) is 40.0 Å². The number of nitrogens with zero attached hydrogens (tertiary/aromatic N) is 1. The van der Waals surface area contributed by atoms with E-state index in [1.165, 1.54) is 24.3 Å². The lowest BCUT2D eigenvalue weighted by molar-refractivity contribution is -0.123. The number of phenolic OH excluding ortho intramolecular Hbond substituents is 1. The molecule has 150 valence electrons. The van der Waals surface area contributed by atoms with Crippen LogP contribution >= 0.6 is 24.0 Å². The van der Waals surface area contributed by atoms with Gasteiger partial charge >= 0.3 is 0 Å². The van der Waals surface area contributed by atoms with E-state index in [0.29, 0.717) is 23.0 Å². The van der Waals surface area contributed by atoms with E-state index in [1.54, 1.807) is 31.4 Å². The molecule has 2 aromatic rings. The van der Waals surface area contributed by atoms with Gasteiger partial charge in [-0.2, -0.15) is 5.01 Å². The van der Waals surface area contributed by atoms with E-state index >= 15 is 0 Å². The molecular weight excluding hydrogens is 412 g/mol. The predicted octanol–water partition coefficient (Wildman–Crippen LogP) is 3.35. The van der Waals surface area contributed by atoms with E-state index in [1.807, 2.05) is 6.92 Å². The average Bonchev–Trinajstić information content (AvgIpc) is 2.97. The number of thiocarbonyl (C=S) groups is 1. The lowest BCUT2D eigenvalue weighted by Crippen LogP contribution is -2.44. The summed E-state index contributed by atoms with van der Waals surface area (Å²) in [7, 11) is 1.54. The molecule has 0 bridgehead atoms. The van der Waals surface area contributed by atoms with Crippen LogP contribution in [0.2, 0.25) is 0 Å². The second-order valence-electron chi connectivity index (χ2n) is 5.85. The summed E-state index contributed by atoms with van der Waals surface area (Å²) in [5.74, 6) is 0.267. The van der Waals surface area contributed by atoms with Gasteiger partial charge in [-0.3, -0.25) is 15.0 Å². The molecule has 2 N–H and O–H groups in total. The zero-order valence-corrected chi connectivity index (χ0v) is 17.3. The molecule has 0 unspecified atom stereocenters. The summed E-state index contributed by atoms with van der Waals surface area (Å²) in [6.45, 7) is 2.39. The Morgan fingerprint density at radius 1 is 1.24 bits per heavy atom. The zero-order chi connectivity index (χ0) is 21.0. The molecule has 2 aromatic carbocycles. The molecule has 0 spiro atoms. The van der Waals surface area contributed by atoms with Gasteiger partial charge in [-0.1, -0.05) is 17.8 Å². The van der Waals surface area contributed by atoms with Gasteiger partial charge in [-0.05, 0) is 67.2 Å². The Bertz CT molecular complexity index is 989. The van der Waals surface area contributed by atoms with Crippen LogP contribution in [0, 0.1) is 0 Å². The summed E-state index contributed by atoms with van der Waals surface area (Å²) in [5, 5.41) is 10.4. The fourth-order valence-corrected chi connectivity index (χ4v) is 3.72. The second kappa shape index (κ2) is 8.97. The molecule has 1 aliphatic rings. The molecule has 0 saturated carbocycles. The Kier molecular flexibility index (Phi) is 6.40. The number of ether oxygens (including phenoxy) is 2. The normalized spacial score (nSPS) is 15.0. The number of hydrogen-bond acceptors (Lipinski definition) is 7. The third kappa shape index (κ3) is 4.69. The van der Waals surface area contributed by atoms with E-state index in [0.717, 1.165) is 22.3 Å². The van der Waals surface area contributed by atoms with E-state index in [-0.39, 0.29) is 15.6 Å². The predicted molar refractivity (Wildman–Crippen MR) is 115 cm³/mol. The summed E-state index contributed by atoms with van der Waals surface area (Å²) in [5.41, 5.74) is 3.52. The molecule has 1 heterocycles. The van der Waals surface area contributed by atoms with Crippen LogP contribution in [0.4, 0.5) is 0 Å². The monoisotopic (exact) mass is 430 g/mol. The summed E-state index contributed by atoms with van der Waals surface area (Å²) in [6, 6.07) is 11.0. The molecule has 0 atom stereocenters. The molecule has 1 saturated heterocycles. The number of hydrazine groups is 1. The SMILES string of the molecule is CCOc1ccc(C=C2SC(=S)N(NC(=O)c3ccc(O)cc3)C2=O)cc1OC. The Labute approximate surface area is 177 Å². The number of carbonyl (C=O) groups excluding carboxylic acids is 2. The van der Waals surface area contributed by atoms with Gasteiger partial charge in [0.2, 0.25) is 0 Å². The van der Waals surface area contributed by atoms with Crippen LogP contribution in [0.25, 0.3) is 6.08 Å². The standard InChI is InChI=1S/C20H18N2O5S2/c1-3-27-15-9-4-12(10-16(15)26-2)11-17-19(25)22(20(28)29-17)21-18(24)13-5-7-14(23)8-6-13/h4-11,23H,3H2,1-2H3,(H,21,24). The van der Waals surface area contributed by atoms with Crippen molar-refractivity contribution in [2.75, 3.05) is 13.7 Å². The minimum atomic E-state index is -0.509. The molecule has 9 heteroatoms. The molecule has 29 heavy (non-hydrogen) atoms. The van der Waals surface area contributed by atoms with Gasteiger partial charge in [-0.25, -0.2) is 0 Å². The molecule has 2 amide bonds. The molecule has 0 aromatic heterocycles. The number of benzene rings is 2. The van der Waals surface area contributed by atoms with Crippen molar-refractivity contribution < 1.29 is 24.2 Å². The Balaban J connectivity index is 1.77. The Morgan fingerprint density at radius 2 is 1.97 bits per heavy atom. The third-order valence-corrected chi connectivity index (χ3v) is 5.22. The number of hydrogen-bond donors (Lipinski definition) is 2. The number of amides is 2. The maximum absolute atomic E-state index is 12.7. The Morgan fingerprint density at radius 3 is 2.62 bits per heavy atom. The van der Waals surface area contributed by atoms with E-state index in [4.69, 9.17) is 21.7 Å². The third-order valence-electron chi connectivity index (χ3n) is 3.92. The first-order valence-electron chi connectivity index (χ1n) is 8.61. The highest BCUT2D eigenvalue weighted by Gasteiger charge is 2.33. The minimum Gasteiger partial charge on any atom is -0.508 e. The number of methoxy groups -OCH3 is 1. The molecule has 7 nitrogen and oxygen atoms in total. The van der Waals surface area contributed by atoms with Crippen molar-refractivity contribution in [2.24, 2.45) is 0 Å². The Hall–Kier alpha value is -3.04. The largest absolute Gasteiger partial charge is 0.508 e. The van der Waals surface area contributed by atoms with Crippen LogP contribution in [0.15, 0.2) is 47.4 Å². The molecule has 1 aliphatic heterocycles. The van der Waals surface area contributed by atoms with Gasteiger partial charge in [0.25, 0.3) is 11.8 Å². The number of carbonyl (C=O) groups is 2. The zero-order valence-electron chi connectivity index (χ0n) is 15.7. The maximum Gasteiger partial charge on any atom is 0.285 e. The quantitative estimate of drug-likeness (QED) is 0.537. The van der Waals surface area contributed by atoms with E-state index in [2.05, 4.69) is 5.43 Å². The van der Waals surface area contributed by atoms with Crippen molar-refractivity contribution in [3.05, 3.63) is 58.5 Å². The van der Waals surface area contributed by atoms with Crippen LogP contribution in [-0.2, 0) is 4.79 Å². The van der Waals surface area contributed by atoms with Crippen molar-refractivity contribution in [1.29, 1.82) is 0 Å². The van der Waals surface area contributed by atoms with Gasteiger partial charge < -0.3 is 14.6 Å². The van der Waals surface area contributed by atoms with Crippen LogP contribution < -0.4 is 14.9 Å². The number of thioether (sulfide) groups is 1. The molecular formula is C20H18N2O5S2. The molecule has 1 fully saturated rings. The topological polar surface area (TPSA) is 88.1 Å². The summed E-state index contributed by atoms with van der Waals surface area (Å²) in [6.07, 6.45) is 1.67. The van der Waals surface area contributed by atoms with Gasteiger partial charge in [0.15, 0.2) is 15.8 Å². The van der Waals surface area contributed by atoms with E-state index in [9.17, 15) is 14.7 Å². The molecule has 0 radical (unpaired) electrons. The highest BCUT2D eigenvalue weighted by Crippen LogP contribution is 2.34.